The SMILES string of the molecule is COc1nc(Cl)nc(-c2cccc(OC)c2F)n1. The lowest BCUT2D eigenvalue weighted by Gasteiger charge is -2.07. The number of benzene rings is 1. The molecule has 0 aliphatic carbocycles. The van der Waals surface area contributed by atoms with E-state index in [0.717, 1.165) is 0 Å². The van der Waals surface area contributed by atoms with Crippen molar-refractivity contribution in [3.8, 4) is 23.1 Å². The molecule has 2 rings (SSSR count). The van der Waals surface area contributed by atoms with E-state index in [1.54, 1.807) is 6.07 Å². The fraction of sp³-hybridized carbons (Fsp3) is 0.182. The number of hydrogen-bond donors (Lipinski definition) is 0. The summed E-state index contributed by atoms with van der Waals surface area (Å²) in [6.07, 6.45) is 0. The van der Waals surface area contributed by atoms with Crippen LogP contribution < -0.4 is 9.47 Å². The van der Waals surface area contributed by atoms with E-state index in [4.69, 9.17) is 21.1 Å². The van der Waals surface area contributed by atoms with Crippen molar-refractivity contribution in [2.45, 2.75) is 0 Å². The quantitative estimate of drug-likeness (QED) is 0.856. The minimum Gasteiger partial charge on any atom is -0.494 e. The molecule has 0 unspecified atom stereocenters. The first-order valence-electron chi connectivity index (χ1n) is 4.94. The third-order valence-corrected chi connectivity index (χ3v) is 2.36. The molecule has 2 aromatic rings. The molecule has 0 saturated heterocycles. The Morgan fingerprint density at radius 1 is 1.11 bits per heavy atom. The maximum absolute atomic E-state index is 14.0. The normalized spacial score (nSPS) is 10.2. The number of halogens is 2. The van der Waals surface area contributed by atoms with Crippen LogP contribution in [0.4, 0.5) is 4.39 Å². The Balaban J connectivity index is 2.58. The molecule has 94 valence electrons. The maximum atomic E-state index is 14.0. The molecule has 0 bridgehead atoms. The maximum Gasteiger partial charge on any atom is 0.321 e. The largest absolute Gasteiger partial charge is 0.494 e. The average molecular weight is 270 g/mol. The number of aromatic nitrogens is 3. The highest BCUT2D eigenvalue weighted by atomic mass is 35.5. The highest BCUT2D eigenvalue weighted by Crippen LogP contribution is 2.27. The molecule has 1 aromatic heterocycles. The first-order chi connectivity index (χ1) is 8.65. The molecule has 0 aliphatic heterocycles. The molecule has 0 fully saturated rings. The van der Waals surface area contributed by atoms with Gasteiger partial charge in [-0.2, -0.15) is 15.0 Å². The molecule has 0 spiro atoms. The Kier molecular flexibility index (Phi) is 3.57. The predicted molar refractivity (Wildman–Crippen MR) is 63.3 cm³/mol. The van der Waals surface area contributed by atoms with Crippen LogP contribution in [0.2, 0.25) is 5.28 Å². The molecule has 0 N–H and O–H groups in total. The van der Waals surface area contributed by atoms with E-state index in [0.29, 0.717) is 0 Å². The lowest BCUT2D eigenvalue weighted by Crippen LogP contribution is -2.00. The molecule has 0 amide bonds. The van der Waals surface area contributed by atoms with Crippen LogP contribution in [-0.4, -0.2) is 29.2 Å². The number of hydrogen-bond acceptors (Lipinski definition) is 5. The third-order valence-electron chi connectivity index (χ3n) is 2.19. The summed E-state index contributed by atoms with van der Waals surface area (Å²) in [5.41, 5.74) is 0.164. The van der Waals surface area contributed by atoms with Crippen molar-refractivity contribution >= 4 is 11.6 Å². The molecule has 5 nitrogen and oxygen atoms in total. The van der Waals surface area contributed by atoms with Gasteiger partial charge in [0.25, 0.3) is 0 Å². The van der Waals surface area contributed by atoms with Gasteiger partial charge in [-0.3, -0.25) is 0 Å². The van der Waals surface area contributed by atoms with E-state index in [1.807, 2.05) is 0 Å². The summed E-state index contributed by atoms with van der Waals surface area (Å²) in [5, 5.41) is -0.0703. The van der Waals surface area contributed by atoms with E-state index < -0.39 is 5.82 Å². The van der Waals surface area contributed by atoms with Gasteiger partial charge in [-0.15, -0.1) is 0 Å². The Labute approximate surface area is 108 Å². The van der Waals surface area contributed by atoms with Gasteiger partial charge in [0.2, 0.25) is 5.28 Å². The second-order valence-corrected chi connectivity index (χ2v) is 3.57. The van der Waals surface area contributed by atoms with E-state index >= 15 is 0 Å². The molecule has 0 atom stereocenters. The summed E-state index contributed by atoms with van der Waals surface area (Å²) in [4.78, 5) is 11.5. The molecule has 1 aromatic carbocycles. The van der Waals surface area contributed by atoms with Crippen LogP contribution in [-0.2, 0) is 0 Å². The van der Waals surface area contributed by atoms with Gasteiger partial charge in [0, 0.05) is 0 Å². The second-order valence-electron chi connectivity index (χ2n) is 3.24. The molecule has 7 heteroatoms. The smallest absolute Gasteiger partial charge is 0.321 e. The van der Waals surface area contributed by atoms with E-state index in [2.05, 4.69) is 15.0 Å². The van der Waals surface area contributed by atoms with Crippen LogP contribution in [0, 0.1) is 5.82 Å². The highest BCUT2D eigenvalue weighted by molar-refractivity contribution is 6.28. The van der Waals surface area contributed by atoms with Crippen LogP contribution in [0.25, 0.3) is 11.4 Å². The third kappa shape index (κ3) is 2.33. The van der Waals surface area contributed by atoms with E-state index in [9.17, 15) is 4.39 Å². The van der Waals surface area contributed by atoms with Crippen molar-refractivity contribution in [3.05, 3.63) is 29.3 Å². The zero-order valence-electron chi connectivity index (χ0n) is 9.65. The van der Waals surface area contributed by atoms with Crippen molar-refractivity contribution in [1.29, 1.82) is 0 Å². The van der Waals surface area contributed by atoms with E-state index in [-0.39, 0.29) is 28.4 Å². The second kappa shape index (κ2) is 5.14. The van der Waals surface area contributed by atoms with Gasteiger partial charge in [-0.1, -0.05) is 6.07 Å². The summed E-state index contributed by atoms with van der Waals surface area (Å²) >= 11 is 5.71. The van der Waals surface area contributed by atoms with Crippen molar-refractivity contribution in [1.82, 2.24) is 15.0 Å². The molecule has 1 heterocycles. The van der Waals surface area contributed by atoms with Gasteiger partial charge in [-0.05, 0) is 23.7 Å². The molecule has 0 aliphatic rings. The fourth-order valence-electron chi connectivity index (χ4n) is 1.38. The first kappa shape index (κ1) is 12.5. The lowest BCUT2D eigenvalue weighted by atomic mass is 10.2. The molecular formula is C11H9ClFN3O2. The Bertz CT molecular complexity index is 580. The summed E-state index contributed by atoms with van der Waals surface area (Å²) < 4.78 is 23.8. The van der Waals surface area contributed by atoms with Crippen molar-refractivity contribution in [3.63, 3.8) is 0 Å². The van der Waals surface area contributed by atoms with Gasteiger partial charge in [0.1, 0.15) is 0 Å². The Morgan fingerprint density at radius 3 is 2.56 bits per heavy atom. The fourth-order valence-corrected chi connectivity index (χ4v) is 1.54. The van der Waals surface area contributed by atoms with Crippen molar-refractivity contribution in [2.24, 2.45) is 0 Å². The van der Waals surface area contributed by atoms with Crippen LogP contribution >= 0.6 is 11.6 Å². The number of rotatable bonds is 3. The number of ether oxygens (including phenoxy) is 2. The monoisotopic (exact) mass is 269 g/mol. The summed E-state index contributed by atoms with van der Waals surface area (Å²) in [7, 11) is 2.76. The van der Waals surface area contributed by atoms with E-state index in [1.165, 1.54) is 26.4 Å². The van der Waals surface area contributed by atoms with Gasteiger partial charge in [0.15, 0.2) is 17.4 Å². The minimum absolute atomic E-state index is 0.0206. The topological polar surface area (TPSA) is 57.1 Å². The molecule has 0 saturated carbocycles. The van der Waals surface area contributed by atoms with Gasteiger partial charge in [0.05, 0.1) is 19.8 Å². The average Bonchev–Trinajstić information content (AvgIpc) is 2.38. The van der Waals surface area contributed by atoms with Crippen molar-refractivity contribution < 1.29 is 13.9 Å². The summed E-state index contributed by atoms with van der Waals surface area (Å²) in [5.74, 6) is -0.379. The number of nitrogens with zero attached hydrogens (tertiary/aromatic N) is 3. The van der Waals surface area contributed by atoms with Crippen LogP contribution in [0.1, 0.15) is 0 Å². The van der Waals surface area contributed by atoms with Gasteiger partial charge in [-0.25, -0.2) is 4.39 Å². The standard InChI is InChI=1S/C11H9ClFN3O2/c1-17-7-5-3-4-6(8(7)13)9-14-10(12)16-11(15-9)18-2/h3-5H,1-2H3. The Morgan fingerprint density at radius 2 is 1.89 bits per heavy atom. The zero-order valence-corrected chi connectivity index (χ0v) is 10.4. The lowest BCUT2D eigenvalue weighted by molar-refractivity contribution is 0.378. The van der Waals surface area contributed by atoms with Crippen LogP contribution in [0.3, 0.4) is 0 Å². The van der Waals surface area contributed by atoms with Gasteiger partial charge >= 0.3 is 6.01 Å². The number of methoxy groups -OCH3 is 2. The molecule has 18 heavy (non-hydrogen) atoms. The van der Waals surface area contributed by atoms with Crippen molar-refractivity contribution in [2.75, 3.05) is 14.2 Å². The molecule has 0 radical (unpaired) electrons. The van der Waals surface area contributed by atoms with Crippen LogP contribution in [0.5, 0.6) is 11.8 Å². The summed E-state index contributed by atoms with van der Waals surface area (Å²) in [6.45, 7) is 0. The zero-order chi connectivity index (χ0) is 13.1. The highest BCUT2D eigenvalue weighted by Gasteiger charge is 2.15. The van der Waals surface area contributed by atoms with Gasteiger partial charge < -0.3 is 9.47 Å². The first-order valence-corrected chi connectivity index (χ1v) is 5.32. The predicted octanol–water partition coefficient (Wildman–Crippen LogP) is 2.35. The summed E-state index contributed by atoms with van der Waals surface area (Å²) in [6, 6.07) is 4.66. The minimum atomic E-state index is -0.565. The Hall–Kier alpha value is -1.95. The molecular weight excluding hydrogens is 261 g/mol. The van der Waals surface area contributed by atoms with Crippen LogP contribution in [0.15, 0.2) is 18.2 Å².